The Balaban J connectivity index is 1.29. The molecule has 172 valence electrons. The fourth-order valence-electron chi connectivity index (χ4n) is 5.59. The van der Waals surface area contributed by atoms with E-state index in [4.69, 9.17) is 4.98 Å². The van der Waals surface area contributed by atoms with Crippen molar-refractivity contribution in [1.82, 2.24) is 24.4 Å². The normalized spacial score (nSPS) is 22.6. The number of nitrogens with one attached hydrogen (secondary N) is 1. The summed E-state index contributed by atoms with van der Waals surface area (Å²) in [5.74, 6) is 1.33. The zero-order valence-corrected chi connectivity index (χ0v) is 19.3. The molecule has 2 aromatic rings. The van der Waals surface area contributed by atoms with Gasteiger partial charge in [-0.3, -0.25) is 14.7 Å². The van der Waals surface area contributed by atoms with Crippen molar-refractivity contribution in [1.29, 1.82) is 0 Å². The summed E-state index contributed by atoms with van der Waals surface area (Å²) in [5.41, 5.74) is 3.30. The number of allylic oxidation sites excluding steroid dienone is 2. The summed E-state index contributed by atoms with van der Waals surface area (Å²) in [7, 11) is 0. The van der Waals surface area contributed by atoms with E-state index in [0.717, 1.165) is 48.8 Å². The number of rotatable bonds is 4. The molecule has 0 radical (unpaired) electrons. The van der Waals surface area contributed by atoms with Crippen molar-refractivity contribution in [3.63, 3.8) is 0 Å². The van der Waals surface area contributed by atoms with E-state index in [1.54, 1.807) is 4.52 Å². The number of likely N-dealkylation sites (tertiary alicyclic amines) is 1. The highest BCUT2D eigenvalue weighted by Crippen LogP contribution is 2.29. The van der Waals surface area contributed by atoms with Crippen LogP contribution in [0.2, 0.25) is 0 Å². The second kappa shape index (κ2) is 8.85. The fraction of sp³-hybridized carbons (Fsp3) is 0.640. The molecule has 1 fully saturated rings. The third kappa shape index (κ3) is 4.15. The average Bonchev–Trinajstić information content (AvgIpc) is 3.24. The number of piperidine rings is 1. The molecule has 0 aromatic carbocycles. The number of aromatic nitrogens is 3. The predicted octanol–water partition coefficient (Wildman–Crippen LogP) is 3.10. The van der Waals surface area contributed by atoms with Crippen LogP contribution >= 0.6 is 0 Å². The lowest BCUT2D eigenvalue weighted by atomic mass is 9.90. The molecule has 3 aliphatic rings. The van der Waals surface area contributed by atoms with Gasteiger partial charge in [-0.05, 0) is 57.5 Å². The quantitative estimate of drug-likeness (QED) is 0.746. The highest BCUT2D eigenvalue weighted by atomic mass is 16.2. The Hall–Kier alpha value is -2.41. The van der Waals surface area contributed by atoms with E-state index in [9.17, 15) is 9.59 Å². The van der Waals surface area contributed by atoms with Crippen LogP contribution < -0.4 is 5.56 Å². The summed E-state index contributed by atoms with van der Waals surface area (Å²) in [6, 6.07) is 2.05. The first kappa shape index (κ1) is 21.4. The molecule has 0 bridgehead atoms. The highest BCUT2D eigenvalue weighted by Gasteiger charge is 2.28. The number of nitrogens with zero attached hydrogens (tertiary/aromatic N) is 4. The minimum Gasteiger partial charge on any atom is -0.336 e. The van der Waals surface area contributed by atoms with Crippen molar-refractivity contribution < 1.29 is 4.79 Å². The van der Waals surface area contributed by atoms with Crippen LogP contribution in [0.3, 0.4) is 0 Å². The van der Waals surface area contributed by atoms with Gasteiger partial charge in [-0.25, -0.2) is 9.50 Å². The topological polar surface area (TPSA) is 73.7 Å². The third-order valence-corrected chi connectivity index (χ3v) is 7.51. The number of H-pyrrole nitrogens is 1. The average molecular weight is 438 g/mol. The molecule has 7 heteroatoms. The van der Waals surface area contributed by atoms with Crippen molar-refractivity contribution in [2.24, 2.45) is 11.8 Å². The molecule has 0 spiro atoms. The highest BCUT2D eigenvalue weighted by molar-refractivity contribution is 5.78. The van der Waals surface area contributed by atoms with Crippen LogP contribution in [0.1, 0.15) is 68.8 Å². The zero-order valence-electron chi connectivity index (χ0n) is 19.3. The maximum atomic E-state index is 13.1. The number of carbonyl (C=O) groups excluding carboxylic acids is 1. The maximum absolute atomic E-state index is 13.1. The van der Waals surface area contributed by atoms with Gasteiger partial charge in [0.25, 0.3) is 5.56 Å². The minimum atomic E-state index is -0.0410. The predicted molar refractivity (Wildman–Crippen MR) is 125 cm³/mol. The van der Waals surface area contributed by atoms with Crippen molar-refractivity contribution in [3.8, 4) is 0 Å². The SMILES string of the molecule is CC(C)C(=O)N1CCc2c(nc3cc(C4CCN(CC5CC=CCC5)CC4)[nH]n3c2=O)C1. The molecular formula is C25H35N5O2. The molecule has 1 unspecified atom stereocenters. The van der Waals surface area contributed by atoms with Gasteiger partial charge in [0, 0.05) is 42.2 Å². The second-order valence-corrected chi connectivity index (χ2v) is 10.1. The van der Waals surface area contributed by atoms with Gasteiger partial charge in [-0.15, -0.1) is 0 Å². The molecule has 2 aromatic heterocycles. The van der Waals surface area contributed by atoms with Crippen LogP contribution in [0.5, 0.6) is 0 Å². The standard InChI is InChI=1S/C25H35N5O2/c1-17(2)24(31)29-13-10-20-22(16-29)26-23-14-21(27-30(23)25(20)32)19-8-11-28(12-9-19)15-18-6-4-3-5-7-18/h3-4,14,17-19,27H,5-13,15-16H2,1-2H3. The molecule has 32 heavy (non-hydrogen) atoms. The zero-order chi connectivity index (χ0) is 22.2. The Bertz CT molecular complexity index is 1070. The van der Waals surface area contributed by atoms with Crippen molar-refractivity contribution in [3.05, 3.63) is 45.5 Å². The molecule has 1 N–H and O–H groups in total. The van der Waals surface area contributed by atoms with Gasteiger partial charge in [-0.1, -0.05) is 26.0 Å². The molecule has 1 saturated heterocycles. The van der Waals surface area contributed by atoms with Gasteiger partial charge in [0.1, 0.15) is 0 Å². The Labute approximate surface area is 189 Å². The summed E-state index contributed by atoms with van der Waals surface area (Å²) >= 11 is 0. The lowest BCUT2D eigenvalue weighted by Crippen LogP contribution is -2.41. The maximum Gasteiger partial charge on any atom is 0.276 e. The van der Waals surface area contributed by atoms with Crippen LogP contribution in [0.15, 0.2) is 23.0 Å². The third-order valence-electron chi connectivity index (χ3n) is 7.51. The van der Waals surface area contributed by atoms with E-state index in [1.165, 1.54) is 25.8 Å². The summed E-state index contributed by atoms with van der Waals surface area (Å²) < 4.78 is 1.62. The summed E-state index contributed by atoms with van der Waals surface area (Å²) in [5, 5.41) is 3.37. The number of hydrogen-bond acceptors (Lipinski definition) is 4. The first-order valence-electron chi connectivity index (χ1n) is 12.3. The molecular weight excluding hydrogens is 402 g/mol. The molecule has 5 rings (SSSR count). The summed E-state index contributed by atoms with van der Waals surface area (Å²) in [4.78, 5) is 34.8. The van der Waals surface area contributed by atoms with E-state index >= 15 is 0 Å². The van der Waals surface area contributed by atoms with E-state index in [0.29, 0.717) is 31.1 Å². The molecule has 0 saturated carbocycles. The number of aromatic amines is 1. The summed E-state index contributed by atoms with van der Waals surface area (Å²) in [6.45, 7) is 8.31. The van der Waals surface area contributed by atoms with E-state index < -0.39 is 0 Å². The number of hydrogen-bond donors (Lipinski definition) is 1. The molecule has 2 aliphatic heterocycles. The Morgan fingerprint density at radius 2 is 2.00 bits per heavy atom. The molecule has 7 nitrogen and oxygen atoms in total. The van der Waals surface area contributed by atoms with Gasteiger partial charge in [-0.2, -0.15) is 0 Å². The number of fused-ring (bicyclic) bond motifs is 2. The van der Waals surface area contributed by atoms with Crippen molar-refractivity contribution in [2.75, 3.05) is 26.2 Å². The minimum absolute atomic E-state index is 0.00400. The first-order chi connectivity index (χ1) is 15.5. The summed E-state index contributed by atoms with van der Waals surface area (Å²) in [6.07, 6.45) is 11.2. The number of carbonyl (C=O) groups is 1. The lowest BCUT2D eigenvalue weighted by Gasteiger charge is -2.34. The Morgan fingerprint density at radius 1 is 1.19 bits per heavy atom. The van der Waals surface area contributed by atoms with Crippen molar-refractivity contribution in [2.45, 2.75) is 64.8 Å². The van der Waals surface area contributed by atoms with Crippen LogP contribution in [-0.2, 0) is 17.8 Å². The smallest absolute Gasteiger partial charge is 0.276 e. The van der Waals surface area contributed by atoms with E-state index in [2.05, 4.69) is 28.2 Å². The van der Waals surface area contributed by atoms with Crippen molar-refractivity contribution >= 4 is 11.6 Å². The molecule has 1 amide bonds. The monoisotopic (exact) mass is 437 g/mol. The van der Waals surface area contributed by atoms with Gasteiger partial charge < -0.3 is 9.80 Å². The second-order valence-electron chi connectivity index (χ2n) is 10.1. The van der Waals surface area contributed by atoms with Crippen LogP contribution in [-0.4, -0.2) is 56.5 Å². The Morgan fingerprint density at radius 3 is 2.72 bits per heavy atom. The van der Waals surface area contributed by atoms with E-state index in [1.807, 2.05) is 18.7 Å². The van der Waals surface area contributed by atoms with Crippen LogP contribution in [0.25, 0.3) is 5.65 Å². The first-order valence-corrected chi connectivity index (χ1v) is 12.3. The van der Waals surface area contributed by atoms with Gasteiger partial charge >= 0.3 is 0 Å². The molecule has 1 atom stereocenters. The Kier molecular flexibility index (Phi) is 5.93. The number of amides is 1. The largest absolute Gasteiger partial charge is 0.336 e. The molecule has 4 heterocycles. The molecule has 1 aliphatic carbocycles. The van der Waals surface area contributed by atoms with Gasteiger partial charge in [0.2, 0.25) is 5.91 Å². The van der Waals surface area contributed by atoms with Crippen LogP contribution in [0, 0.1) is 11.8 Å². The van der Waals surface area contributed by atoms with Gasteiger partial charge in [0.05, 0.1) is 12.2 Å². The fourth-order valence-corrected chi connectivity index (χ4v) is 5.59. The van der Waals surface area contributed by atoms with Gasteiger partial charge in [0.15, 0.2) is 5.65 Å². The lowest BCUT2D eigenvalue weighted by molar-refractivity contribution is -0.135. The van der Waals surface area contributed by atoms with Crippen LogP contribution in [0.4, 0.5) is 0 Å². The van der Waals surface area contributed by atoms with E-state index in [-0.39, 0.29) is 17.4 Å².